The van der Waals surface area contributed by atoms with Crippen LogP contribution in [0.5, 0.6) is 0 Å². The average Bonchev–Trinajstić information content (AvgIpc) is 3.53. The number of amides is 3. The van der Waals surface area contributed by atoms with Crippen molar-refractivity contribution in [1.82, 2.24) is 20.5 Å². The second kappa shape index (κ2) is 12.9. The number of aromatic nitrogens is 1. The Kier molecular flexibility index (Phi) is 9.90. The van der Waals surface area contributed by atoms with Crippen LogP contribution in [0.1, 0.15) is 58.9 Å². The van der Waals surface area contributed by atoms with Crippen molar-refractivity contribution in [2.75, 3.05) is 6.54 Å². The summed E-state index contributed by atoms with van der Waals surface area (Å²) in [7, 11) is 0. The van der Waals surface area contributed by atoms with Crippen LogP contribution in [0, 0.1) is 11.8 Å². The minimum absolute atomic E-state index is 0.206. The van der Waals surface area contributed by atoms with Crippen molar-refractivity contribution in [3.05, 3.63) is 36.0 Å². The van der Waals surface area contributed by atoms with Crippen LogP contribution in [-0.4, -0.2) is 69.4 Å². The first-order chi connectivity index (χ1) is 18.0. The molecule has 3 rings (SSSR count). The van der Waals surface area contributed by atoms with Gasteiger partial charge in [0.05, 0.1) is 6.04 Å². The molecule has 0 saturated carbocycles. The summed E-state index contributed by atoms with van der Waals surface area (Å²) in [5.41, 5.74) is 7.90. The highest BCUT2D eigenvalue weighted by atomic mass is 16.4. The van der Waals surface area contributed by atoms with E-state index in [0.29, 0.717) is 32.2 Å². The van der Waals surface area contributed by atoms with Gasteiger partial charge in [0.15, 0.2) is 0 Å². The number of rotatable bonds is 12. The lowest BCUT2D eigenvalue weighted by Crippen LogP contribution is -2.57. The number of H-pyrrole nitrogens is 1. The van der Waals surface area contributed by atoms with Crippen LogP contribution in [0.3, 0.4) is 0 Å². The van der Waals surface area contributed by atoms with Crippen LogP contribution in [0.4, 0.5) is 0 Å². The van der Waals surface area contributed by atoms with Gasteiger partial charge in [-0.05, 0) is 42.7 Å². The molecule has 5 atom stereocenters. The fourth-order valence-electron chi connectivity index (χ4n) is 5.05. The van der Waals surface area contributed by atoms with E-state index in [1.165, 1.54) is 4.90 Å². The molecule has 10 heteroatoms. The van der Waals surface area contributed by atoms with Gasteiger partial charge in [-0.3, -0.25) is 14.4 Å². The Balaban J connectivity index is 1.84. The molecule has 6 N–H and O–H groups in total. The van der Waals surface area contributed by atoms with Gasteiger partial charge in [-0.25, -0.2) is 4.79 Å². The maximum Gasteiger partial charge on any atom is 0.326 e. The average molecular weight is 528 g/mol. The number of carboxylic acids is 1. The number of fused-ring (bicyclic) bond motifs is 1. The van der Waals surface area contributed by atoms with Gasteiger partial charge in [-0.1, -0.05) is 52.3 Å². The first kappa shape index (κ1) is 29.2. The van der Waals surface area contributed by atoms with Crippen molar-refractivity contribution in [2.45, 2.75) is 84.0 Å². The molecule has 2 heterocycles. The summed E-state index contributed by atoms with van der Waals surface area (Å²) >= 11 is 0. The van der Waals surface area contributed by atoms with Crippen LogP contribution in [0.15, 0.2) is 30.5 Å². The standard InChI is InChI=1S/C28H41N5O5/c1-5-17(4)24(28(37)38)32-26(35)23-11-8-12-33(23)27(36)22(31-25(34)20(29)13-16(2)3)14-18-15-30-21-10-7-6-9-19(18)21/h6-7,9-10,15-17,20,22-24,30H,5,8,11-14,29H2,1-4H3,(H,31,34)(H,32,35)(H,37,38). The second-order valence-electron chi connectivity index (χ2n) is 10.8. The Morgan fingerprint density at radius 1 is 1.16 bits per heavy atom. The monoisotopic (exact) mass is 527 g/mol. The topological polar surface area (TPSA) is 158 Å². The number of hydrogen-bond acceptors (Lipinski definition) is 5. The number of hydrogen-bond donors (Lipinski definition) is 5. The summed E-state index contributed by atoms with van der Waals surface area (Å²) < 4.78 is 0. The summed E-state index contributed by atoms with van der Waals surface area (Å²) in [6.45, 7) is 7.91. The highest BCUT2D eigenvalue weighted by Gasteiger charge is 2.40. The Labute approximate surface area is 223 Å². The quantitative estimate of drug-likeness (QED) is 0.285. The Morgan fingerprint density at radius 3 is 2.53 bits per heavy atom. The molecular weight excluding hydrogens is 486 g/mol. The summed E-state index contributed by atoms with van der Waals surface area (Å²) in [6.07, 6.45) is 4.12. The van der Waals surface area contributed by atoms with Gasteiger partial charge in [0.2, 0.25) is 17.7 Å². The van der Waals surface area contributed by atoms with Gasteiger partial charge in [0.25, 0.3) is 0 Å². The highest BCUT2D eigenvalue weighted by Crippen LogP contribution is 2.23. The zero-order valence-corrected chi connectivity index (χ0v) is 22.7. The molecule has 0 spiro atoms. The number of nitrogens with two attached hydrogens (primary N) is 1. The predicted octanol–water partition coefficient (Wildman–Crippen LogP) is 2.18. The smallest absolute Gasteiger partial charge is 0.326 e. The van der Waals surface area contributed by atoms with E-state index in [9.17, 15) is 24.3 Å². The van der Waals surface area contributed by atoms with Crippen molar-refractivity contribution in [3.63, 3.8) is 0 Å². The number of nitrogens with one attached hydrogen (secondary N) is 3. The molecule has 208 valence electrons. The maximum absolute atomic E-state index is 13.9. The van der Waals surface area contributed by atoms with Crippen LogP contribution in [0.25, 0.3) is 10.9 Å². The number of carbonyl (C=O) groups is 4. The Bertz CT molecular complexity index is 1150. The van der Waals surface area contributed by atoms with E-state index in [1.807, 2.05) is 51.2 Å². The fourth-order valence-corrected chi connectivity index (χ4v) is 5.05. The van der Waals surface area contributed by atoms with E-state index < -0.39 is 42.0 Å². The lowest BCUT2D eigenvalue weighted by atomic mass is 9.98. The fraction of sp³-hybridized carbons (Fsp3) is 0.571. The third-order valence-electron chi connectivity index (χ3n) is 7.39. The SMILES string of the molecule is CCC(C)C(NC(=O)C1CCCN1C(=O)C(Cc1c[nH]c2ccccc12)NC(=O)C(N)CC(C)C)C(=O)O. The number of likely N-dealkylation sites (tertiary alicyclic amines) is 1. The van der Waals surface area contributed by atoms with Crippen molar-refractivity contribution < 1.29 is 24.3 Å². The van der Waals surface area contributed by atoms with Gasteiger partial charge in [0, 0.05) is 30.1 Å². The molecule has 3 amide bonds. The molecule has 10 nitrogen and oxygen atoms in total. The van der Waals surface area contributed by atoms with Crippen LogP contribution in [0.2, 0.25) is 0 Å². The lowest BCUT2D eigenvalue weighted by molar-refractivity contribution is -0.146. The normalized spacial score (nSPS) is 18.7. The molecule has 1 saturated heterocycles. The van der Waals surface area contributed by atoms with E-state index in [0.717, 1.165) is 16.5 Å². The van der Waals surface area contributed by atoms with Gasteiger partial charge < -0.3 is 31.4 Å². The molecule has 1 fully saturated rings. The largest absolute Gasteiger partial charge is 0.480 e. The minimum Gasteiger partial charge on any atom is -0.480 e. The van der Waals surface area contributed by atoms with E-state index in [-0.39, 0.29) is 24.2 Å². The maximum atomic E-state index is 13.9. The summed E-state index contributed by atoms with van der Waals surface area (Å²) in [5.74, 6) is -2.45. The molecule has 38 heavy (non-hydrogen) atoms. The van der Waals surface area contributed by atoms with Crippen LogP contribution >= 0.6 is 0 Å². The van der Waals surface area contributed by atoms with Crippen molar-refractivity contribution in [3.8, 4) is 0 Å². The van der Waals surface area contributed by atoms with Crippen LogP contribution in [-0.2, 0) is 25.6 Å². The number of aromatic amines is 1. The minimum atomic E-state index is -1.10. The number of carboxylic acid groups (broad SMARTS) is 1. The van der Waals surface area contributed by atoms with Gasteiger partial charge in [-0.15, -0.1) is 0 Å². The van der Waals surface area contributed by atoms with Crippen LogP contribution < -0.4 is 16.4 Å². The summed E-state index contributed by atoms with van der Waals surface area (Å²) in [6, 6.07) is 4.16. The number of nitrogens with zero attached hydrogens (tertiary/aromatic N) is 1. The number of aliphatic carboxylic acids is 1. The number of carbonyl (C=O) groups excluding carboxylic acids is 3. The van der Waals surface area contributed by atoms with E-state index in [2.05, 4.69) is 15.6 Å². The Hall–Kier alpha value is -3.40. The molecule has 0 radical (unpaired) electrons. The number of para-hydroxylation sites is 1. The first-order valence-electron chi connectivity index (χ1n) is 13.5. The van der Waals surface area contributed by atoms with E-state index in [4.69, 9.17) is 5.73 Å². The van der Waals surface area contributed by atoms with Gasteiger partial charge in [-0.2, -0.15) is 0 Å². The van der Waals surface area contributed by atoms with Crippen molar-refractivity contribution in [2.24, 2.45) is 17.6 Å². The highest BCUT2D eigenvalue weighted by molar-refractivity contribution is 5.95. The molecule has 2 aromatic rings. The zero-order valence-electron chi connectivity index (χ0n) is 22.7. The molecule has 0 aliphatic carbocycles. The van der Waals surface area contributed by atoms with Crippen molar-refractivity contribution in [1.29, 1.82) is 0 Å². The molecular formula is C28H41N5O5. The van der Waals surface area contributed by atoms with Gasteiger partial charge >= 0.3 is 5.97 Å². The third kappa shape index (κ3) is 6.92. The van der Waals surface area contributed by atoms with E-state index >= 15 is 0 Å². The van der Waals surface area contributed by atoms with E-state index in [1.54, 1.807) is 6.92 Å². The molecule has 1 aromatic carbocycles. The van der Waals surface area contributed by atoms with Gasteiger partial charge in [0.1, 0.15) is 18.1 Å². The summed E-state index contributed by atoms with van der Waals surface area (Å²) in [5, 5.41) is 16.1. The number of benzene rings is 1. The molecule has 5 unspecified atom stereocenters. The molecule has 1 aromatic heterocycles. The second-order valence-corrected chi connectivity index (χ2v) is 10.8. The molecule has 0 bridgehead atoms. The Morgan fingerprint density at radius 2 is 1.87 bits per heavy atom. The molecule has 1 aliphatic rings. The predicted molar refractivity (Wildman–Crippen MR) is 145 cm³/mol. The molecule has 1 aliphatic heterocycles. The zero-order chi connectivity index (χ0) is 28.0. The first-order valence-corrected chi connectivity index (χ1v) is 13.5. The van der Waals surface area contributed by atoms with Crippen molar-refractivity contribution >= 4 is 34.6 Å². The summed E-state index contributed by atoms with van der Waals surface area (Å²) in [4.78, 5) is 56.5. The lowest BCUT2D eigenvalue weighted by Gasteiger charge is -2.30. The third-order valence-corrected chi connectivity index (χ3v) is 7.39.